The summed E-state index contributed by atoms with van der Waals surface area (Å²) in [5.74, 6) is -2.23. The van der Waals surface area contributed by atoms with Crippen molar-refractivity contribution in [3.8, 4) is 5.75 Å². The molecule has 132 valence electrons. The molecule has 0 spiro atoms. The van der Waals surface area contributed by atoms with Crippen molar-refractivity contribution in [2.24, 2.45) is 0 Å². The van der Waals surface area contributed by atoms with Crippen molar-refractivity contribution >= 4 is 22.8 Å². The van der Waals surface area contributed by atoms with E-state index in [1.807, 2.05) is 0 Å². The molecule has 0 aliphatic rings. The Morgan fingerprint density at radius 2 is 1.85 bits per heavy atom. The Morgan fingerprint density at radius 1 is 1.15 bits per heavy atom. The summed E-state index contributed by atoms with van der Waals surface area (Å²) in [6.07, 6.45) is 1.23. The van der Waals surface area contributed by atoms with Crippen molar-refractivity contribution in [3.63, 3.8) is 0 Å². The van der Waals surface area contributed by atoms with Crippen LogP contribution < -0.4 is 16.0 Å². The highest BCUT2D eigenvalue weighted by molar-refractivity contribution is 5.84. The number of rotatable bonds is 5. The number of hydrogen-bond acceptors (Lipinski definition) is 6. The number of aromatic nitrogens is 2. The number of amides is 1. The van der Waals surface area contributed by atoms with Gasteiger partial charge in [-0.25, -0.2) is 4.98 Å². The minimum Gasteiger partial charge on any atom is -0.548 e. The van der Waals surface area contributed by atoms with Crippen LogP contribution in [0.2, 0.25) is 0 Å². The monoisotopic (exact) mass is 352 g/mol. The summed E-state index contributed by atoms with van der Waals surface area (Å²) in [5, 5.41) is 23.3. The molecule has 0 aliphatic carbocycles. The average Bonchev–Trinajstić information content (AvgIpc) is 2.63. The van der Waals surface area contributed by atoms with Crippen LogP contribution in [0, 0.1) is 0 Å². The number of phenols is 1. The molecule has 8 heteroatoms. The number of fused-ring (bicyclic) bond motifs is 1. The van der Waals surface area contributed by atoms with Crippen LogP contribution in [0.15, 0.2) is 59.7 Å². The first-order valence-corrected chi connectivity index (χ1v) is 7.69. The molecule has 0 saturated carbocycles. The summed E-state index contributed by atoms with van der Waals surface area (Å²) in [7, 11) is 0. The second-order valence-corrected chi connectivity index (χ2v) is 5.61. The molecule has 2 aromatic carbocycles. The maximum absolute atomic E-state index is 12.4. The summed E-state index contributed by atoms with van der Waals surface area (Å²) < 4.78 is 1.10. The molecule has 8 nitrogen and oxygen atoms in total. The first-order chi connectivity index (χ1) is 12.5. The van der Waals surface area contributed by atoms with E-state index >= 15 is 0 Å². The number of phenolic OH excluding ortho intramolecular Hbond substituents is 1. The van der Waals surface area contributed by atoms with Gasteiger partial charge in [0.15, 0.2) is 0 Å². The quantitative estimate of drug-likeness (QED) is 0.650. The van der Waals surface area contributed by atoms with Crippen LogP contribution in [0.3, 0.4) is 0 Å². The zero-order chi connectivity index (χ0) is 18.7. The second-order valence-electron chi connectivity index (χ2n) is 5.61. The zero-order valence-electron chi connectivity index (χ0n) is 13.5. The SMILES string of the molecule is O=C(Cn1cnc2ccccc2c1=O)N[C@@H](C(=O)[O-])c1ccc(O)cc1. The first kappa shape index (κ1) is 17.2. The van der Waals surface area contributed by atoms with E-state index in [1.54, 1.807) is 24.3 Å². The lowest BCUT2D eigenvalue weighted by molar-refractivity contribution is -0.308. The van der Waals surface area contributed by atoms with E-state index in [9.17, 15) is 24.6 Å². The van der Waals surface area contributed by atoms with Gasteiger partial charge in [0.25, 0.3) is 5.56 Å². The predicted molar refractivity (Wildman–Crippen MR) is 90.0 cm³/mol. The molecule has 2 N–H and O–H groups in total. The molecule has 26 heavy (non-hydrogen) atoms. The fourth-order valence-electron chi connectivity index (χ4n) is 2.53. The maximum Gasteiger partial charge on any atom is 0.261 e. The van der Waals surface area contributed by atoms with Gasteiger partial charge in [-0.1, -0.05) is 24.3 Å². The van der Waals surface area contributed by atoms with Crippen LogP contribution in [0.4, 0.5) is 0 Å². The average molecular weight is 352 g/mol. The highest BCUT2D eigenvalue weighted by Crippen LogP contribution is 2.16. The van der Waals surface area contributed by atoms with E-state index in [-0.39, 0.29) is 11.3 Å². The molecular weight excluding hydrogens is 338 g/mol. The Labute approximate surface area is 147 Å². The fraction of sp³-hybridized carbons (Fsp3) is 0.111. The molecule has 0 bridgehead atoms. The van der Waals surface area contributed by atoms with E-state index in [4.69, 9.17) is 0 Å². The van der Waals surface area contributed by atoms with Gasteiger partial charge in [0.1, 0.15) is 12.3 Å². The van der Waals surface area contributed by atoms with Gasteiger partial charge in [-0.2, -0.15) is 0 Å². The third-order valence-corrected chi connectivity index (χ3v) is 3.81. The lowest BCUT2D eigenvalue weighted by atomic mass is 10.1. The lowest BCUT2D eigenvalue weighted by Gasteiger charge is -2.20. The largest absolute Gasteiger partial charge is 0.548 e. The van der Waals surface area contributed by atoms with Crippen LogP contribution in [-0.2, 0) is 16.1 Å². The molecule has 0 saturated heterocycles. The Morgan fingerprint density at radius 3 is 2.54 bits per heavy atom. The molecule has 3 rings (SSSR count). The van der Waals surface area contributed by atoms with Gasteiger partial charge in [0, 0.05) is 0 Å². The molecule has 0 unspecified atom stereocenters. The van der Waals surface area contributed by atoms with Gasteiger partial charge in [-0.3, -0.25) is 14.2 Å². The standard InChI is InChI=1S/C18H15N3O5/c22-12-7-5-11(6-8-12)16(18(25)26)20-15(23)9-21-10-19-14-4-2-1-3-13(14)17(21)24/h1-8,10,16,22H,9H2,(H,20,23)(H,25,26)/p-1/t16-/m1/s1. The van der Waals surface area contributed by atoms with Crippen LogP contribution in [-0.4, -0.2) is 26.5 Å². The normalized spacial score (nSPS) is 11.8. The Kier molecular flexibility index (Phi) is 4.66. The molecule has 0 fully saturated rings. The van der Waals surface area contributed by atoms with Crippen molar-refractivity contribution in [2.45, 2.75) is 12.6 Å². The third-order valence-electron chi connectivity index (χ3n) is 3.81. The first-order valence-electron chi connectivity index (χ1n) is 7.69. The second kappa shape index (κ2) is 7.06. The highest BCUT2D eigenvalue weighted by Gasteiger charge is 2.17. The summed E-state index contributed by atoms with van der Waals surface area (Å²) in [6.45, 7) is -0.390. The molecule has 0 radical (unpaired) electrons. The van der Waals surface area contributed by atoms with Crippen molar-refractivity contribution in [3.05, 3.63) is 70.8 Å². The zero-order valence-corrected chi connectivity index (χ0v) is 13.5. The van der Waals surface area contributed by atoms with Crippen molar-refractivity contribution in [1.29, 1.82) is 0 Å². The van der Waals surface area contributed by atoms with Gasteiger partial charge in [-0.15, -0.1) is 0 Å². The minimum absolute atomic E-state index is 0.0361. The lowest BCUT2D eigenvalue weighted by Crippen LogP contribution is -2.43. The number of carbonyl (C=O) groups is 2. The number of aromatic hydroxyl groups is 1. The summed E-state index contributed by atoms with van der Waals surface area (Å²) in [6, 6.07) is 10.6. The van der Waals surface area contributed by atoms with E-state index in [1.165, 1.54) is 30.6 Å². The third kappa shape index (κ3) is 3.54. The summed E-state index contributed by atoms with van der Waals surface area (Å²) in [4.78, 5) is 40.0. The van der Waals surface area contributed by atoms with Crippen LogP contribution in [0.5, 0.6) is 5.75 Å². The van der Waals surface area contributed by atoms with Gasteiger partial charge >= 0.3 is 0 Å². The van der Waals surface area contributed by atoms with Crippen molar-refractivity contribution < 1.29 is 19.8 Å². The smallest absolute Gasteiger partial charge is 0.261 e. The minimum atomic E-state index is -1.51. The van der Waals surface area contributed by atoms with E-state index in [0.717, 1.165) is 4.57 Å². The van der Waals surface area contributed by atoms with Gasteiger partial charge in [-0.05, 0) is 29.8 Å². The van der Waals surface area contributed by atoms with Crippen molar-refractivity contribution in [1.82, 2.24) is 14.9 Å². The number of nitrogens with one attached hydrogen (secondary N) is 1. The molecule has 1 aromatic heterocycles. The number of nitrogens with zero attached hydrogens (tertiary/aromatic N) is 2. The van der Waals surface area contributed by atoms with Crippen molar-refractivity contribution in [2.75, 3.05) is 0 Å². The number of para-hydroxylation sites is 1. The molecular formula is C18H14N3O5-. The van der Waals surface area contributed by atoms with E-state index in [0.29, 0.717) is 10.9 Å². The number of carboxylic acid groups (broad SMARTS) is 1. The Balaban J connectivity index is 1.81. The van der Waals surface area contributed by atoms with Gasteiger partial charge in [0.05, 0.1) is 29.2 Å². The molecule has 1 atom stereocenters. The Bertz CT molecular complexity index is 1030. The number of carboxylic acids is 1. The van der Waals surface area contributed by atoms with E-state index in [2.05, 4.69) is 10.3 Å². The molecule has 1 heterocycles. The van der Waals surface area contributed by atoms with Gasteiger partial charge < -0.3 is 20.3 Å². The topological polar surface area (TPSA) is 124 Å². The Hall–Kier alpha value is -3.68. The summed E-state index contributed by atoms with van der Waals surface area (Å²) >= 11 is 0. The number of aliphatic carboxylic acids is 1. The van der Waals surface area contributed by atoms with E-state index < -0.39 is 30.0 Å². The van der Waals surface area contributed by atoms with Crippen LogP contribution in [0.1, 0.15) is 11.6 Å². The maximum atomic E-state index is 12.4. The number of carbonyl (C=O) groups excluding carboxylic acids is 2. The molecule has 0 aliphatic heterocycles. The molecule has 3 aromatic rings. The predicted octanol–water partition coefficient (Wildman–Crippen LogP) is -0.291. The highest BCUT2D eigenvalue weighted by atomic mass is 16.4. The van der Waals surface area contributed by atoms with Crippen LogP contribution in [0.25, 0.3) is 10.9 Å². The van der Waals surface area contributed by atoms with Gasteiger partial charge in [0.2, 0.25) is 5.91 Å². The number of benzene rings is 2. The molecule has 1 amide bonds. The van der Waals surface area contributed by atoms with Crippen LogP contribution >= 0.6 is 0 Å². The fourth-order valence-corrected chi connectivity index (χ4v) is 2.53. The summed E-state index contributed by atoms with van der Waals surface area (Å²) in [5.41, 5.74) is 0.339. The number of hydrogen-bond donors (Lipinski definition) is 2.